The summed E-state index contributed by atoms with van der Waals surface area (Å²) in [4.78, 5) is 12.9. The fourth-order valence-corrected chi connectivity index (χ4v) is 2.81. The van der Waals surface area contributed by atoms with Crippen LogP contribution in [0.5, 0.6) is 0 Å². The first kappa shape index (κ1) is 15.1. The van der Waals surface area contributed by atoms with E-state index < -0.39 is 5.82 Å². The molecule has 2 aromatic rings. The van der Waals surface area contributed by atoms with Gasteiger partial charge in [0.15, 0.2) is 5.78 Å². The largest absolute Gasteiger partial charge is 0.293 e. The van der Waals surface area contributed by atoms with E-state index in [9.17, 15) is 9.18 Å². The molecule has 2 rings (SSSR count). The second-order valence-electron chi connectivity index (χ2n) is 5.51. The van der Waals surface area contributed by atoms with Gasteiger partial charge in [0.2, 0.25) is 0 Å². The van der Waals surface area contributed by atoms with Crippen LogP contribution in [0.15, 0.2) is 18.2 Å². The lowest BCUT2D eigenvalue weighted by atomic mass is 9.90. The summed E-state index contributed by atoms with van der Waals surface area (Å²) in [5.41, 5.74) is 0.883. The fraction of sp³-hybridized carbons (Fsp3) is 0.357. The zero-order chi connectivity index (χ0) is 14.9. The highest BCUT2D eigenvalue weighted by molar-refractivity contribution is 7.08. The molecule has 0 aliphatic heterocycles. The minimum absolute atomic E-state index is 0.00404. The second-order valence-corrected chi connectivity index (χ2v) is 6.65. The Balaban J connectivity index is 2.30. The highest BCUT2D eigenvalue weighted by atomic mass is 35.5. The Morgan fingerprint density at radius 1 is 1.40 bits per heavy atom. The van der Waals surface area contributed by atoms with Gasteiger partial charge in [0.05, 0.1) is 10.7 Å². The molecular formula is C14H14ClFN2OS. The van der Waals surface area contributed by atoms with Crippen LogP contribution in [0.2, 0.25) is 5.02 Å². The van der Waals surface area contributed by atoms with Crippen LogP contribution in [-0.2, 0) is 11.8 Å². The van der Waals surface area contributed by atoms with Crippen LogP contribution in [0.4, 0.5) is 4.39 Å². The molecule has 6 heteroatoms. The van der Waals surface area contributed by atoms with Crippen molar-refractivity contribution in [3.05, 3.63) is 45.2 Å². The average Bonchev–Trinajstić information content (AvgIpc) is 2.84. The van der Waals surface area contributed by atoms with E-state index in [1.807, 2.05) is 20.8 Å². The van der Waals surface area contributed by atoms with Crippen LogP contribution in [-0.4, -0.2) is 15.4 Å². The summed E-state index contributed by atoms with van der Waals surface area (Å²) < 4.78 is 17.2. The molecule has 0 amide bonds. The standard InChI is InChI=1S/C14H14ClFN2OS/c1-14(2,3)13-12(20-18-17-13)10(19)7-8-5-4-6-9(16)11(8)15/h4-6H,7H2,1-3H3. The molecule has 0 spiro atoms. The summed E-state index contributed by atoms with van der Waals surface area (Å²) in [7, 11) is 0. The van der Waals surface area contributed by atoms with E-state index >= 15 is 0 Å². The number of Topliss-reactive ketones (excluding diaryl/α,β-unsaturated/α-hetero) is 1. The van der Waals surface area contributed by atoms with Crippen LogP contribution in [0, 0.1) is 5.82 Å². The van der Waals surface area contributed by atoms with Crippen LogP contribution in [0.25, 0.3) is 0 Å². The number of hydrogen-bond donors (Lipinski definition) is 0. The number of nitrogens with zero attached hydrogens (tertiary/aromatic N) is 2. The average molecular weight is 313 g/mol. The van der Waals surface area contributed by atoms with Gasteiger partial charge in [-0.15, -0.1) is 5.10 Å². The van der Waals surface area contributed by atoms with E-state index in [0.717, 1.165) is 11.5 Å². The molecule has 0 aliphatic carbocycles. The van der Waals surface area contributed by atoms with E-state index in [1.54, 1.807) is 12.1 Å². The van der Waals surface area contributed by atoms with Gasteiger partial charge in [-0.3, -0.25) is 4.79 Å². The van der Waals surface area contributed by atoms with Crippen molar-refractivity contribution in [2.45, 2.75) is 32.6 Å². The molecule has 1 aromatic heterocycles. The van der Waals surface area contributed by atoms with Gasteiger partial charge in [-0.25, -0.2) is 4.39 Å². The molecule has 0 N–H and O–H groups in total. The topological polar surface area (TPSA) is 42.9 Å². The predicted octanol–water partition coefficient (Wildman–Crippen LogP) is 4.05. The second kappa shape index (κ2) is 5.58. The maximum Gasteiger partial charge on any atom is 0.180 e. The third kappa shape index (κ3) is 3.04. The first-order chi connectivity index (χ1) is 9.30. The molecule has 1 heterocycles. The van der Waals surface area contributed by atoms with Gasteiger partial charge >= 0.3 is 0 Å². The Labute approximate surface area is 125 Å². The number of rotatable bonds is 3. The van der Waals surface area contributed by atoms with Gasteiger partial charge in [0, 0.05) is 11.8 Å². The zero-order valence-corrected chi connectivity index (χ0v) is 13.0. The highest BCUT2D eigenvalue weighted by Gasteiger charge is 2.26. The Morgan fingerprint density at radius 3 is 2.75 bits per heavy atom. The molecule has 0 fully saturated rings. The minimum atomic E-state index is -0.518. The first-order valence-electron chi connectivity index (χ1n) is 6.09. The van der Waals surface area contributed by atoms with Gasteiger partial charge in [-0.2, -0.15) is 0 Å². The molecule has 0 saturated carbocycles. The molecule has 0 aliphatic rings. The van der Waals surface area contributed by atoms with Crippen LogP contribution in [0.1, 0.15) is 41.7 Å². The van der Waals surface area contributed by atoms with Gasteiger partial charge in [0.25, 0.3) is 0 Å². The Bertz CT molecular complexity index is 649. The molecule has 0 unspecified atom stereocenters. The van der Waals surface area contributed by atoms with E-state index in [0.29, 0.717) is 16.1 Å². The first-order valence-corrected chi connectivity index (χ1v) is 7.24. The molecule has 0 atom stereocenters. The number of ketones is 1. The summed E-state index contributed by atoms with van der Waals surface area (Å²) in [6.07, 6.45) is 0.0452. The molecule has 0 radical (unpaired) electrons. The number of carbonyl (C=O) groups excluding carboxylic acids is 1. The minimum Gasteiger partial charge on any atom is -0.293 e. The number of carbonyl (C=O) groups is 1. The Hall–Kier alpha value is -1.33. The molecule has 1 aromatic carbocycles. The quantitative estimate of drug-likeness (QED) is 0.803. The number of aromatic nitrogens is 2. The maximum absolute atomic E-state index is 13.4. The smallest absolute Gasteiger partial charge is 0.180 e. The summed E-state index contributed by atoms with van der Waals surface area (Å²) in [5, 5.41) is 4.03. The molecule has 0 saturated heterocycles. The third-order valence-electron chi connectivity index (χ3n) is 2.83. The summed E-state index contributed by atoms with van der Waals surface area (Å²) in [6.45, 7) is 5.90. The third-order valence-corrected chi connectivity index (χ3v) is 4.02. The molecule has 0 bridgehead atoms. The van der Waals surface area contributed by atoms with Crippen molar-refractivity contribution in [3.8, 4) is 0 Å². The van der Waals surface area contributed by atoms with Crippen molar-refractivity contribution in [2.75, 3.05) is 0 Å². The molecule has 20 heavy (non-hydrogen) atoms. The van der Waals surface area contributed by atoms with Gasteiger partial charge in [0.1, 0.15) is 10.7 Å². The highest BCUT2D eigenvalue weighted by Crippen LogP contribution is 2.28. The fourth-order valence-electron chi connectivity index (χ4n) is 1.80. The van der Waals surface area contributed by atoms with E-state index in [1.165, 1.54) is 6.07 Å². The lowest BCUT2D eigenvalue weighted by molar-refractivity contribution is 0.0994. The molecule has 3 nitrogen and oxygen atoms in total. The van der Waals surface area contributed by atoms with Crippen LogP contribution in [0.3, 0.4) is 0 Å². The monoisotopic (exact) mass is 312 g/mol. The molecule has 106 valence electrons. The van der Waals surface area contributed by atoms with E-state index in [-0.39, 0.29) is 22.6 Å². The Morgan fingerprint density at radius 2 is 2.10 bits per heavy atom. The lowest BCUT2D eigenvalue weighted by Gasteiger charge is -2.16. The summed E-state index contributed by atoms with van der Waals surface area (Å²) in [6, 6.07) is 4.46. The predicted molar refractivity (Wildman–Crippen MR) is 78.1 cm³/mol. The summed E-state index contributed by atoms with van der Waals surface area (Å²) >= 11 is 6.94. The van der Waals surface area contributed by atoms with E-state index in [2.05, 4.69) is 9.59 Å². The lowest BCUT2D eigenvalue weighted by Crippen LogP contribution is -2.17. The van der Waals surface area contributed by atoms with Crippen LogP contribution < -0.4 is 0 Å². The van der Waals surface area contributed by atoms with Gasteiger partial charge < -0.3 is 0 Å². The van der Waals surface area contributed by atoms with Crippen molar-refractivity contribution in [1.82, 2.24) is 9.59 Å². The van der Waals surface area contributed by atoms with Gasteiger partial charge in [-0.1, -0.05) is 49.0 Å². The normalized spacial score (nSPS) is 11.7. The van der Waals surface area contributed by atoms with Crippen molar-refractivity contribution in [2.24, 2.45) is 0 Å². The SMILES string of the molecule is CC(C)(C)c1nnsc1C(=O)Cc1cccc(F)c1Cl. The van der Waals surface area contributed by atoms with E-state index in [4.69, 9.17) is 11.6 Å². The molecular weight excluding hydrogens is 299 g/mol. The summed E-state index contributed by atoms with van der Waals surface area (Å²) in [5.74, 6) is -0.659. The number of benzene rings is 1. The number of halogens is 2. The van der Waals surface area contributed by atoms with Crippen LogP contribution >= 0.6 is 23.1 Å². The Kier molecular flexibility index (Phi) is 4.20. The number of hydrogen-bond acceptors (Lipinski definition) is 4. The van der Waals surface area contributed by atoms with Crippen molar-refractivity contribution >= 4 is 28.9 Å². The maximum atomic E-state index is 13.4. The zero-order valence-electron chi connectivity index (χ0n) is 11.4. The van der Waals surface area contributed by atoms with Crippen molar-refractivity contribution in [1.29, 1.82) is 0 Å². The van der Waals surface area contributed by atoms with Crippen molar-refractivity contribution in [3.63, 3.8) is 0 Å². The van der Waals surface area contributed by atoms with Crippen molar-refractivity contribution < 1.29 is 9.18 Å². The van der Waals surface area contributed by atoms with Gasteiger partial charge in [-0.05, 0) is 23.2 Å².